The van der Waals surface area contributed by atoms with Gasteiger partial charge in [0.15, 0.2) is 0 Å². The Kier molecular flexibility index (Phi) is 0.569. The van der Waals surface area contributed by atoms with Gasteiger partial charge in [-0.3, -0.25) is 0 Å². The molecule has 0 aliphatic heterocycles. The average Bonchev–Trinajstić information content (AvgIpc) is 2.44. The Bertz CT molecular complexity index is 189. The summed E-state index contributed by atoms with van der Waals surface area (Å²) in [5.74, 6) is -1.04. The molecule has 3 heteroatoms. The molecule has 0 heterocycles. The molecule has 44 valence electrons. The lowest BCUT2D eigenvalue weighted by Crippen LogP contribution is -2.32. The van der Waals surface area contributed by atoms with Crippen LogP contribution in [0.25, 0.3) is 0 Å². The maximum Gasteiger partial charge on any atom is 0.328 e. The van der Waals surface area contributed by atoms with Crippen LogP contribution in [0.1, 0.15) is 7.79 Å². The van der Waals surface area contributed by atoms with Crippen molar-refractivity contribution in [2.45, 2.75) is 12.0 Å². The van der Waals surface area contributed by atoms with Gasteiger partial charge < -0.3 is 10.8 Å². The average molecular weight is 115 g/mol. The number of hydrogen-bond acceptors (Lipinski definition) is 2. The van der Waals surface area contributed by atoms with E-state index >= 15 is 0 Å². The monoisotopic (exact) mass is 115 g/mol. The molecule has 1 aliphatic rings. The van der Waals surface area contributed by atoms with Crippen molar-refractivity contribution in [1.82, 2.24) is 0 Å². The molecule has 1 saturated carbocycles. The minimum absolute atomic E-state index is 0.325. The van der Waals surface area contributed by atoms with Gasteiger partial charge in [0.1, 0.15) is 5.54 Å². The summed E-state index contributed by atoms with van der Waals surface area (Å²) in [4.78, 5) is 10.2. The summed E-state index contributed by atoms with van der Waals surface area (Å²) in [5.41, 5.74) is 4.56. The van der Waals surface area contributed by atoms with E-state index in [1.165, 1.54) is 0 Å². The van der Waals surface area contributed by atoms with Gasteiger partial charge in [-0.25, -0.2) is 4.79 Å². The molecular weight excluding hydrogens is 106 g/mol. The van der Waals surface area contributed by atoms with Crippen LogP contribution in [-0.2, 0) is 4.79 Å². The van der Waals surface area contributed by atoms with Crippen LogP contribution < -0.4 is 5.73 Å². The van der Waals surface area contributed by atoms with Crippen LogP contribution in [-0.4, -0.2) is 16.6 Å². The summed E-state index contributed by atoms with van der Waals surface area (Å²) in [6.07, 6.45) is 0.325. The van der Waals surface area contributed by atoms with Crippen molar-refractivity contribution in [3.05, 3.63) is 12.1 Å². The number of carboxylic acid groups (broad SMARTS) is 1. The topological polar surface area (TPSA) is 63.3 Å². The minimum Gasteiger partial charge on any atom is -0.480 e. The van der Waals surface area contributed by atoms with Gasteiger partial charge >= 0.3 is 5.97 Å². The minimum atomic E-state index is -1.19. The Morgan fingerprint density at radius 1 is 2.25 bits per heavy atom. The molecule has 1 fully saturated rings. The predicted molar refractivity (Wildman–Crippen MR) is 28.3 cm³/mol. The smallest absolute Gasteiger partial charge is 0.328 e. The number of hydrogen-bond donors (Lipinski definition) is 2. The highest BCUT2D eigenvalue weighted by molar-refractivity contribution is 5.89. The molecule has 0 bridgehead atoms. The summed E-state index contributed by atoms with van der Waals surface area (Å²) in [7, 11) is 0. The van der Waals surface area contributed by atoms with E-state index in [0.29, 0.717) is 12.0 Å². The van der Waals surface area contributed by atoms with E-state index in [4.69, 9.17) is 12.2 Å². The zero-order valence-electron chi connectivity index (χ0n) is 5.22. The van der Waals surface area contributed by atoms with Gasteiger partial charge in [0.05, 0.1) is 1.37 Å². The lowest BCUT2D eigenvalue weighted by molar-refractivity contribution is -0.139. The fourth-order valence-corrected chi connectivity index (χ4v) is 0.469. The van der Waals surface area contributed by atoms with E-state index in [9.17, 15) is 4.79 Å². The lowest BCUT2D eigenvalue weighted by Gasteiger charge is -1.95. The number of rotatable bonds is 1. The van der Waals surface area contributed by atoms with Crippen molar-refractivity contribution in [2.24, 2.45) is 5.73 Å². The number of nitrogens with two attached hydrogens (primary N) is 1. The fourth-order valence-electron chi connectivity index (χ4n) is 0.469. The largest absolute Gasteiger partial charge is 0.480 e. The third-order valence-corrected chi connectivity index (χ3v) is 1.30. The molecule has 0 aromatic carbocycles. The second kappa shape index (κ2) is 1.11. The molecule has 0 radical (unpaired) electrons. The number of aliphatic carboxylic acids is 1. The van der Waals surface area contributed by atoms with E-state index in [1.807, 2.05) is 0 Å². The van der Waals surface area contributed by atoms with E-state index in [0.717, 1.165) is 6.55 Å². The molecule has 0 saturated heterocycles. The standard InChI is InChI=1S/C5H7NO2/c1-3-2-5(3,6)4(7)8/h1-2,6H2,(H,7,8)/i1T. The predicted octanol–water partition coefficient (Wildman–Crippen LogP) is -0.272. The zero-order valence-corrected chi connectivity index (χ0v) is 4.22. The molecule has 8 heavy (non-hydrogen) atoms. The molecule has 0 spiro atoms. The third kappa shape index (κ3) is 0.448. The van der Waals surface area contributed by atoms with Gasteiger partial charge in [-0.1, -0.05) is 6.55 Å². The first-order valence-electron chi connectivity index (χ1n) is 2.79. The summed E-state index contributed by atoms with van der Waals surface area (Å²) >= 11 is 0. The first kappa shape index (κ1) is 4.09. The highest BCUT2D eigenvalue weighted by Crippen LogP contribution is 2.38. The molecule has 3 N–H and O–H groups in total. The molecule has 1 rings (SSSR count). The quantitative estimate of drug-likeness (QED) is 0.462. The molecule has 0 aromatic heterocycles. The van der Waals surface area contributed by atoms with Crippen molar-refractivity contribution in [2.75, 3.05) is 0 Å². The summed E-state index contributed by atoms with van der Waals surface area (Å²) in [5, 5.41) is 8.36. The van der Waals surface area contributed by atoms with Crippen LogP contribution in [0.4, 0.5) is 0 Å². The van der Waals surface area contributed by atoms with E-state index in [2.05, 4.69) is 0 Å². The molecule has 1 aliphatic carbocycles. The van der Waals surface area contributed by atoms with Crippen LogP contribution in [0, 0.1) is 0 Å². The summed E-state index contributed by atoms with van der Waals surface area (Å²) in [6.45, 7) is 1.01. The molecule has 3 nitrogen and oxygen atoms in total. The van der Waals surface area contributed by atoms with Crippen LogP contribution in [0.2, 0.25) is 0 Å². The third-order valence-electron chi connectivity index (χ3n) is 1.30. The van der Waals surface area contributed by atoms with Crippen LogP contribution in [0.3, 0.4) is 0 Å². The highest BCUT2D eigenvalue weighted by Gasteiger charge is 2.50. The Morgan fingerprint density at radius 3 is 3.00 bits per heavy atom. The van der Waals surface area contributed by atoms with Crippen LogP contribution in [0.5, 0.6) is 0 Å². The SMILES string of the molecule is [3H]C=C1CC1(N)C(=O)O. The van der Waals surface area contributed by atoms with Crippen molar-refractivity contribution < 1.29 is 11.3 Å². The molecule has 0 aromatic rings. The van der Waals surface area contributed by atoms with Crippen molar-refractivity contribution in [3.63, 3.8) is 0 Å². The van der Waals surface area contributed by atoms with E-state index in [-0.39, 0.29) is 0 Å². The van der Waals surface area contributed by atoms with Gasteiger partial charge in [0.2, 0.25) is 0 Å². The van der Waals surface area contributed by atoms with Gasteiger partial charge in [0.25, 0.3) is 0 Å². The van der Waals surface area contributed by atoms with E-state index in [1.54, 1.807) is 0 Å². The van der Waals surface area contributed by atoms with Gasteiger partial charge in [-0.2, -0.15) is 0 Å². The Labute approximate surface area is 48.2 Å². The van der Waals surface area contributed by atoms with Crippen LogP contribution in [0.15, 0.2) is 12.1 Å². The first-order chi connectivity index (χ1) is 4.11. The lowest BCUT2D eigenvalue weighted by atomic mass is 10.3. The van der Waals surface area contributed by atoms with Gasteiger partial charge in [-0.15, -0.1) is 0 Å². The van der Waals surface area contributed by atoms with Crippen molar-refractivity contribution in [1.29, 1.82) is 0 Å². The Hall–Kier alpha value is -0.830. The summed E-state index contributed by atoms with van der Waals surface area (Å²) < 4.78 is 6.66. The van der Waals surface area contributed by atoms with Crippen LogP contribution >= 0.6 is 0 Å². The molecular formula is C5H7NO2. The highest BCUT2D eigenvalue weighted by atomic mass is 16.4. The maximum absolute atomic E-state index is 10.2. The maximum atomic E-state index is 10.2. The van der Waals surface area contributed by atoms with Crippen molar-refractivity contribution >= 4 is 5.97 Å². The Balaban J connectivity index is 2.74. The number of carbonyl (C=O) groups is 1. The summed E-state index contributed by atoms with van der Waals surface area (Å²) in [6, 6.07) is 0. The Morgan fingerprint density at radius 2 is 2.88 bits per heavy atom. The zero-order chi connectivity index (χ0) is 7.07. The van der Waals surface area contributed by atoms with Gasteiger partial charge in [-0.05, 0) is 5.57 Å². The normalized spacial score (nSPS) is 41.6. The second-order valence-corrected chi connectivity index (χ2v) is 1.98. The fraction of sp³-hybridized carbons (Fsp3) is 0.400. The second-order valence-electron chi connectivity index (χ2n) is 1.98. The number of carboxylic acids is 1. The molecule has 0 amide bonds. The molecule has 1 atom stereocenters. The molecule has 1 unspecified atom stereocenters. The van der Waals surface area contributed by atoms with E-state index < -0.39 is 11.5 Å². The van der Waals surface area contributed by atoms with Crippen molar-refractivity contribution in [3.8, 4) is 0 Å². The van der Waals surface area contributed by atoms with Gasteiger partial charge in [0, 0.05) is 6.42 Å². The first-order valence-corrected chi connectivity index (χ1v) is 2.21.